The van der Waals surface area contributed by atoms with E-state index in [0.29, 0.717) is 10.7 Å². The van der Waals surface area contributed by atoms with Crippen molar-refractivity contribution in [2.45, 2.75) is 25.9 Å². The van der Waals surface area contributed by atoms with Crippen LogP contribution in [0.4, 0.5) is 5.69 Å². The molecule has 1 unspecified atom stereocenters. The van der Waals surface area contributed by atoms with Gasteiger partial charge >= 0.3 is 0 Å². The first-order chi connectivity index (χ1) is 10.5. The van der Waals surface area contributed by atoms with Crippen LogP contribution in [0.15, 0.2) is 18.2 Å². The monoisotopic (exact) mass is 363 g/mol. The molecule has 6 nitrogen and oxygen atoms in total. The molecule has 0 aliphatic carbocycles. The molecule has 0 radical (unpaired) electrons. The molecule has 0 bridgehead atoms. The zero-order valence-corrected chi connectivity index (χ0v) is 14.8. The van der Waals surface area contributed by atoms with Gasteiger partial charge in [-0.3, -0.25) is 9.59 Å². The minimum atomic E-state index is -0.303. The van der Waals surface area contributed by atoms with Crippen LogP contribution in [-0.2, 0) is 14.3 Å². The highest BCUT2D eigenvalue weighted by Crippen LogP contribution is 2.22. The molecule has 2 amide bonds. The first-order valence-electron chi connectivity index (χ1n) is 7.02. The topological polar surface area (TPSA) is 93.4 Å². The van der Waals surface area contributed by atoms with Gasteiger partial charge in [-0.15, -0.1) is 12.4 Å². The highest BCUT2D eigenvalue weighted by Gasteiger charge is 2.12. The number of ether oxygens (including phenoxy) is 1. The summed E-state index contributed by atoms with van der Waals surface area (Å²) in [6.45, 7) is 2.36. The summed E-state index contributed by atoms with van der Waals surface area (Å²) >= 11 is 5.99. The zero-order chi connectivity index (χ0) is 16.5. The summed E-state index contributed by atoms with van der Waals surface area (Å²) in [7, 11) is 1.51. The lowest BCUT2D eigenvalue weighted by atomic mass is 10.2. The number of hydrogen-bond acceptors (Lipinski definition) is 4. The molecule has 0 aliphatic heterocycles. The lowest BCUT2D eigenvalue weighted by Gasteiger charge is -2.13. The molecule has 130 valence electrons. The number of nitrogens with one attached hydrogen (secondary N) is 2. The molecule has 8 heteroatoms. The number of anilines is 1. The van der Waals surface area contributed by atoms with Crippen molar-refractivity contribution in [3.63, 3.8) is 0 Å². The van der Waals surface area contributed by atoms with E-state index in [1.165, 1.54) is 7.11 Å². The summed E-state index contributed by atoms with van der Waals surface area (Å²) < 4.78 is 5.02. The van der Waals surface area contributed by atoms with Crippen LogP contribution in [0.1, 0.15) is 18.4 Å². The Morgan fingerprint density at radius 1 is 1.35 bits per heavy atom. The number of methoxy groups -OCH3 is 1. The van der Waals surface area contributed by atoms with E-state index >= 15 is 0 Å². The van der Waals surface area contributed by atoms with Crippen LogP contribution in [0.25, 0.3) is 0 Å². The van der Waals surface area contributed by atoms with E-state index in [-0.39, 0.29) is 56.3 Å². The Balaban J connectivity index is 0.00000484. The van der Waals surface area contributed by atoms with Gasteiger partial charge < -0.3 is 21.1 Å². The standard InChI is InChI=1S/C15H22ClN3O3.ClH/c1-10-12(16)4-3-5-13(10)19-14(20)6-7-18-15(21)8-11(9-17)22-2;/h3-5,11H,6-9,17H2,1-2H3,(H,18,21)(H,19,20);1H. The Hall–Kier alpha value is -1.34. The fourth-order valence-corrected chi connectivity index (χ4v) is 1.99. The SMILES string of the molecule is COC(CN)CC(=O)NCCC(=O)Nc1cccc(Cl)c1C.Cl. The first kappa shape index (κ1) is 21.7. The Morgan fingerprint density at radius 3 is 2.65 bits per heavy atom. The summed E-state index contributed by atoms with van der Waals surface area (Å²) in [5.41, 5.74) is 6.93. The second kappa shape index (κ2) is 11.2. The second-order valence-corrected chi connectivity index (χ2v) is 5.27. The summed E-state index contributed by atoms with van der Waals surface area (Å²) in [5, 5.41) is 6.03. The second-order valence-electron chi connectivity index (χ2n) is 4.86. The van der Waals surface area contributed by atoms with Gasteiger partial charge in [-0.05, 0) is 24.6 Å². The zero-order valence-electron chi connectivity index (χ0n) is 13.2. The van der Waals surface area contributed by atoms with Crippen LogP contribution < -0.4 is 16.4 Å². The van der Waals surface area contributed by atoms with Gasteiger partial charge in [-0.2, -0.15) is 0 Å². The summed E-state index contributed by atoms with van der Waals surface area (Å²) in [6.07, 6.45) is 0.0583. The summed E-state index contributed by atoms with van der Waals surface area (Å²) in [4.78, 5) is 23.5. The lowest BCUT2D eigenvalue weighted by Crippen LogP contribution is -2.33. The van der Waals surface area contributed by atoms with Gasteiger partial charge in [0.2, 0.25) is 11.8 Å². The number of rotatable bonds is 8. The average Bonchev–Trinajstić information content (AvgIpc) is 2.49. The van der Waals surface area contributed by atoms with E-state index < -0.39 is 0 Å². The molecule has 0 saturated heterocycles. The number of halogens is 2. The molecule has 1 aromatic rings. The van der Waals surface area contributed by atoms with Crippen molar-refractivity contribution in [1.29, 1.82) is 0 Å². The quantitative estimate of drug-likeness (QED) is 0.657. The summed E-state index contributed by atoms with van der Waals surface area (Å²) in [5.74, 6) is -0.378. The number of hydrogen-bond donors (Lipinski definition) is 3. The van der Waals surface area contributed by atoms with Crippen molar-refractivity contribution in [2.24, 2.45) is 5.73 Å². The van der Waals surface area contributed by atoms with E-state index in [1.807, 2.05) is 6.92 Å². The number of benzene rings is 1. The maximum atomic E-state index is 11.8. The molecular weight excluding hydrogens is 341 g/mol. The smallest absolute Gasteiger partial charge is 0.226 e. The lowest BCUT2D eigenvalue weighted by molar-refractivity contribution is -0.123. The highest BCUT2D eigenvalue weighted by molar-refractivity contribution is 6.31. The Morgan fingerprint density at radius 2 is 2.04 bits per heavy atom. The molecule has 4 N–H and O–H groups in total. The third-order valence-electron chi connectivity index (χ3n) is 3.23. The van der Waals surface area contributed by atoms with Crippen LogP contribution in [0.3, 0.4) is 0 Å². The maximum Gasteiger partial charge on any atom is 0.226 e. The number of carbonyl (C=O) groups is 2. The van der Waals surface area contributed by atoms with Crippen molar-refractivity contribution < 1.29 is 14.3 Å². The predicted molar refractivity (Wildman–Crippen MR) is 94.2 cm³/mol. The molecule has 0 saturated carbocycles. The van der Waals surface area contributed by atoms with Gasteiger partial charge in [0, 0.05) is 37.3 Å². The fraction of sp³-hybridized carbons (Fsp3) is 0.467. The largest absolute Gasteiger partial charge is 0.380 e. The van der Waals surface area contributed by atoms with Crippen molar-refractivity contribution in [3.8, 4) is 0 Å². The third-order valence-corrected chi connectivity index (χ3v) is 3.63. The van der Waals surface area contributed by atoms with Crippen LogP contribution in [0, 0.1) is 6.92 Å². The first-order valence-corrected chi connectivity index (χ1v) is 7.40. The van der Waals surface area contributed by atoms with E-state index in [2.05, 4.69) is 10.6 Å². The van der Waals surface area contributed by atoms with Crippen molar-refractivity contribution >= 4 is 41.5 Å². The van der Waals surface area contributed by atoms with Gasteiger partial charge in [-0.25, -0.2) is 0 Å². The van der Waals surface area contributed by atoms with Gasteiger partial charge in [-0.1, -0.05) is 17.7 Å². The minimum Gasteiger partial charge on any atom is -0.380 e. The van der Waals surface area contributed by atoms with Gasteiger partial charge in [0.05, 0.1) is 12.5 Å². The molecule has 0 aromatic heterocycles. The number of nitrogens with two attached hydrogens (primary N) is 1. The van der Waals surface area contributed by atoms with Gasteiger partial charge in [0.25, 0.3) is 0 Å². The van der Waals surface area contributed by atoms with Crippen LogP contribution in [0.2, 0.25) is 5.02 Å². The average molecular weight is 364 g/mol. The number of amides is 2. The van der Waals surface area contributed by atoms with Crippen molar-refractivity contribution in [1.82, 2.24) is 5.32 Å². The Kier molecular flexibility index (Phi) is 10.6. The van der Waals surface area contributed by atoms with Crippen LogP contribution in [0.5, 0.6) is 0 Å². The van der Waals surface area contributed by atoms with Crippen molar-refractivity contribution in [3.05, 3.63) is 28.8 Å². The number of carbonyl (C=O) groups excluding carboxylic acids is 2. The Bertz CT molecular complexity index is 523. The third kappa shape index (κ3) is 7.65. The van der Waals surface area contributed by atoms with E-state index in [0.717, 1.165) is 5.56 Å². The maximum absolute atomic E-state index is 11.8. The molecule has 0 spiro atoms. The molecule has 0 fully saturated rings. The van der Waals surface area contributed by atoms with Crippen molar-refractivity contribution in [2.75, 3.05) is 25.5 Å². The van der Waals surface area contributed by atoms with E-state index in [1.54, 1.807) is 18.2 Å². The van der Waals surface area contributed by atoms with Crippen LogP contribution >= 0.6 is 24.0 Å². The molecular formula is C15H23Cl2N3O3. The molecule has 23 heavy (non-hydrogen) atoms. The molecule has 1 atom stereocenters. The Labute approximate surface area is 147 Å². The highest BCUT2D eigenvalue weighted by atomic mass is 35.5. The van der Waals surface area contributed by atoms with Crippen LogP contribution in [-0.4, -0.2) is 38.1 Å². The summed E-state index contributed by atoms with van der Waals surface area (Å²) in [6, 6.07) is 5.31. The predicted octanol–water partition coefficient (Wildman–Crippen LogP) is 1.88. The molecule has 1 aromatic carbocycles. The fourth-order valence-electron chi connectivity index (χ4n) is 1.81. The van der Waals surface area contributed by atoms with Gasteiger partial charge in [0.15, 0.2) is 0 Å². The normalized spacial score (nSPS) is 11.3. The minimum absolute atomic E-state index is 0. The van der Waals surface area contributed by atoms with E-state index in [9.17, 15) is 9.59 Å². The van der Waals surface area contributed by atoms with E-state index in [4.69, 9.17) is 22.1 Å². The van der Waals surface area contributed by atoms with Gasteiger partial charge in [0.1, 0.15) is 0 Å². The molecule has 0 heterocycles. The molecule has 0 aliphatic rings. The molecule has 1 rings (SSSR count).